The summed E-state index contributed by atoms with van der Waals surface area (Å²) in [6.07, 6.45) is 6.10. The van der Waals surface area contributed by atoms with Crippen molar-refractivity contribution in [1.82, 2.24) is 4.90 Å². The minimum atomic E-state index is 0.793. The maximum Gasteiger partial charge on any atom is 0.0214 e. The van der Waals surface area contributed by atoms with E-state index in [4.69, 9.17) is 6.42 Å². The van der Waals surface area contributed by atoms with Crippen molar-refractivity contribution >= 4 is 11.8 Å². The Balaban J connectivity index is 2.18. The summed E-state index contributed by atoms with van der Waals surface area (Å²) < 4.78 is 0. The molecule has 0 saturated carbocycles. The summed E-state index contributed by atoms with van der Waals surface area (Å²) in [7, 11) is 0. The third-order valence-corrected chi connectivity index (χ3v) is 3.03. The lowest BCUT2D eigenvalue weighted by Gasteiger charge is -2.29. The molecular formula is C9H15NS. The molecule has 0 spiro atoms. The van der Waals surface area contributed by atoms with E-state index in [2.05, 4.69) is 29.5 Å². The van der Waals surface area contributed by atoms with Crippen LogP contribution in [0, 0.1) is 12.3 Å². The van der Waals surface area contributed by atoms with E-state index in [9.17, 15) is 0 Å². The summed E-state index contributed by atoms with van der Waals surface area (Å²) in [5, 5.41) is 0.793. The first-order chi connectivity index (χ1) is 5.33. The lowest BCUT2D eigenvalue weighted by atomic mass is 10.3. The van der Waals surface area contributed by atoms with E-state index in [0.29, 0.717) is 0 Å². The van der Waals surface area contributed by atoms with Crippen LogP contribution in [0.15, 0.2) is 0 Å². The van der Waals surface area contributed by atoms with E-state index in [-0.39, 0.29) is 0 Å². The largest absolute Gasteiger partial charge is 0.300 e. The summed E-state index contributed by atoms with van der Waals surface area (Å²) in [6, 6.07) is 0. The van der Waals surface area contributed by atoms with Crippen molar-refractivity contribution in [2.45, 2.75) is 18.6 Å². The van der Waals surface area contributed by atoms with Crippen molar-refractivity contribution in [3.8, 4) is 12.3 Å². The number of nitrogens with zero attached hydrogens (tertiary/aromatic N) is 1. The van der Waals surface area contributed by atoms with Crippen LogP contribution in [0.25, 0.3) is 0 Å². The molecule has 0 amide bonds. The zero-order valence-electron chi connectivity index (χ0n) is 7.05. The zero-order chi connectivity index (χ0) is 8.10. The Morgan fingerprint density at radius 1 is 1.73 bits per heavy atom. The number of thioether (sulfide) groups is 1. The molecule has 1 aliphatic heterocycles. The van der Waals surface area contributed by atoms with Gasteiger partial charge in [0.25, 0.3) is 0 Å². The van der Waals surface area contributed by atoms with E-state index in [1.807, 2.05) is 0 Å². The molecule has 0 radical (unpaired) electrons. The molecule has 1 fully saturated rings. The van der Waals surface area contributed by atoms with Gasteiger partial charge in [0, 0.05) is 37.1 Å². The SMILES string of the molecule is C#CCCN1CCS[C@H](C)C1. The monoisotopic (exact) mass is 169 g/mol. The Bertz CT molecular complexity index is 150. The highest BCUT2D eigenvalue weighted by atomic mass is 32.2. The van der Waals surface area contributed by atoms with Gasteiger partial charge >= 0.3 is 0 Å². The molecule has 62 valence electrons. The van der Waals surface area contributed by atoms with E-state index < -0.39 is 0 Å². The van der Waals surface area contributed by atoms with Gasteiger partial charge in [-0.15, -0.1) is 12.3 Å². The van der Waals surface area contributed by atoms with Gasteiger partial charge in [-0.05, 0) is 0 Å². The average molecular weight is 169 g/mol. The number of terminal acetylenes is 1. The van der Waals surface area contributed by atoms with E-state index >= 15 is 0 Å². The second kappa shape index (κ2) is 4.69. The predicted octanol–water partition coefficient (Wildman–Crippen LogP) is 1.45. The van der Waals surface area contributed by atoms with E-state index in [0.717, 1.165) is 18.2 Å². The van der Waals surface area contributed by atoms with Crippen molar-refractivity contribution in [1.29, 1.82) is 0 Å². The van der Waals surface area contributed by atoms with E-state index in [1.165, 1.54) is 18.8 Å². The van der Waals surface area contributed by atoms with Crippen LogP contribution in [0.2, 0.25) is 0 Å². The van der Waals surface area contributed by atoms with Crippen LogP contribution in [0.5, 0.6) is 0 Å². The highest BCUT2D eigenvalue weighted by Crippen LogP contribution is 2.17. The molecule has 0 aromatic rings. The van der Waals surface area contributed by atoms with Crippen LogP contribution in [-0.2, 0) is 0 Å². The van der Waals surface area contributed by atoms with Crippen molar-refractivity contribution in [3.63, 3.8) is 0 Å². The molecule has 0 aromatic carbocycles. The number of hydrogen-bond donors (Lipinski definition) is 0. The van der Waals surface area contributed by atoms with Gasteiger partial charge in [-0.25, -0.2) is 0 Å². The molecule has 2 heteroatoms. The summed E-state index contributed by atoms with van der Waals surface area (Å²) in [5.74, 6) is 3.95. The molecule has 1 nitrogen and oxygen atoms in total. The van der Waals surface area contributed by atoms with Crippen molar-refractivity contribution in [2.24, 2.45) is 0 Å². The first-order valence-electron chi connectivity index (χ1n) is 4.10. The number of rotatable bonds is 2. The zero-order valence-corrected chi connectivity index (χ0v) is 7.86. The van der Waals surface area contributed by atoms with Crippen molar-refractivity contribution < 1.29 is 0 Å². The minimum Gasteiger partial charge on any atom is -0.300 e. The fourth-order valence-corrected chi connectivity index (χ4v) is 2.40. The molecule has 0 bridgehead atoms. The fraction of sp³-hybridized carbons (Fsp3) is 0.778. The lowest BCUT2D eigenvalue weighted by Crippen LogP contribution is -2.37. The molecule has 1 rings (SSSR count). The molecule has 0 N–H and O–H groups in total. The molecule has 0 aliphatic carbocycles. The van der Waals surface area contributed by atoms with Gasteiger partial charge in [0.15, 0.2) is 0 Å². The second-order valence-electron chi connectivity index (χ2n) is 2.94. The molecule has 0 aromatic heterocycles. The van der Waals surface area contributed by atoms with E-state index in [1.54, 1.807) is 0 Å². The minimum absolute atomic E-state index is 0.793. The van der Waals surface area contributed by atoms with Gasteiger partial charge in [0.05, 0.1) is 0 Å². The maximum atomic E-state index is 5.20. The Morgan fingerprint density at radius 2 is 2.55 bits per heavy atom. The first-order valence-corrected chi connectivity index (χ1v) is 5.15. The lowest BCUT2D eigenvalue weighted by molar-refractivity contribution is 0.293. The Morgan fingerprint density at radius 3 is 3.18 bits per heavy atom. The number of hydrogen-bond acceptors (Lipinski definition) is 2. The van der Waals surface area contributed by atoms with Crippen LogP contribution in [0.3, 0.4) is 0 Å². The standard InChI is InChI=1S/C9H15NS/c1-3-4-5-10-6-7-11-9(2)8-10/h1,9H,4-8H2,2H3/t9-/m1/s1. The van der Waals surface area contributed by atoms with Gasteiger partial charge < -0.3 is 4.90 Å². The van der Waals surface area contributed by atoms with Crippen LogP contribution in [-0.4, -0.2) is 35.5 Å². The van der Waals surface area contributed by atoms with Gasteiger partial charge in [-0.1, -0.05) is 6.92 Å². The van der Waals surface area contributed by atoms with Crippen LogP contribution < -0.4 is 0 Å². The summed E-state index contributed by atoms with van der Waals surface area (Å²) in [4.78, 5) is 2.46. The third kappa shape index (κ3) is 3.18. The normalized spacial score (nSPS) is 26.4. The predicted molar refractivity (Wildman–Crippen MR) is 51.8 cm³/mol. The van der Waals surface area contributed by atoms with Gasteiger partial charge in [-0.2, -0.15) is 11.8 Å². The van der Waals surface area contributed by atoms with Gasteiger partial charge in [0.2, 0.25) is 0 Å². The molecule has 1 atom stereocenters. The average Bonchev–Trinajstić information content (AvgIpc) is 2.01. The van der Waals surface area contributed by atoms with Crippen molar-refractivity contribution in [3.05, 3.63) is 0 Å². The highest BCUT2D eigenvalue weighted by molar-refractivity contribution is 7.99. The van der Waals surface area contributed by atoms with Gasteiger partial charge in [0.1, 0.15) is 0 Å². The van der Waals surface area contributed by atoms with Gasteiger partial charge in [-0.3, -0.25) is 0 Å². The highest BCUT2D eigenvalue weighted by Gasteiger charge is 2.15. The van der Waals surface area contributed by atoms with Crippen LogP contribution >= 0.6 is 11.8 Å². The summed E-state index contributed by atoms with van der Waals surface area (Å²) >= 11 is 2.06. The fourth-order valence-electron chi connectivity index (χ4n) is 1.32. The van der Waals surface area contributed by atoms with Crippen LogP contribution in [0.1, 0.15) is 13.3 Å². The topological polar surface area (TPSA) is 3.24 Å². The molecule has 1 heterocycles. The summed E-state index contributed by atoms with van der Waals surface area (Å²) in [5.41, 5.74) is 0. The smallest absolute Gasteiger partial charge is 0.0214 e. The maximum absolute atomic E-state index is 5.20. The summed E-state index contributed by atoms with van der Waals surface area (Å²) in [6.45, 7) is 5.80. The second-order valence-corrected chi connectivity index (χ2v) is 4.48. The molecule has 1 saturated heterocycles. The molecule has 1 aliphatic rings. The molecule has 11 heavy (non-hydrogen) atoms. The Hall–Kier alpha value is -0.130. The first kappa shape index (κ1) is 8.96. The van der Waals surface area contributed by atoms with Crippen molar-refractivity contribution in [2.75, 3.05) is 25.4 Å². The Labute approximate surface area is 73.5 Å². The third-order valence-electron chi connectivity index (χ3n) is 1.90. The van der Waals surface area contributed by atoms with Crippen LogP contribution in [0.4, 0.5) is 0 Å². The quantitative estimate of drug-likeness (QED) is 0.576. The Kier molecular flexibility index (Phi) is 3.82. The molecular weight excluding hydrogens is 154 g/mol. The molecule has 0 unspecified atom stereocenters.